The molecule has 1 fully saturated rings. The second-order valence-electron chi connectivity index (χ2n) is 7.81. The van der Waals surface area contributed by atoms with Crippen molar-refractivity contribution in [2.24, 2.45) is 0 Å². The smallest absolute Gasteiger partial charge is 0.153 e. The van der Waals surface area contributed by atoms with E-state index in [1.807, 2.05) is 42.0 Å². The molecule has 9 heteroatoms. The summed E-state index contributed by atoms with van der Waals surface area (Å²) in [5.74, 6) is 0.799. The van der Waals surface area contributed by atoms with Gasteiger partial charge in [-0.15, -0.1) is 46.3 Å². The second kappa shape index (κ2) is 9.98. The Bertz CT molecular complexity index is 1230. The van der Waals surface area contributed by atoms with Crippen molar-refractivity contribution < 1.29 is 4.74 Å². The molecule has 33 heavy (non-hydrogen) atoms. The first-order valence-corrected chi connectivity index (χ1v) is 13.5. The summed E-state index contributed by atoms with van der Waals surface area (Å²) in [6.07, 6.45) is 3.04. The molecule has 0 radical (unpaired) electrons. The van der Waals surface area contributed by atoms with Gasteiger partial charge in [0.05, 0.1) is 28.5 Å². The van der Waals surface area contributed by atoms with E-state index < -0.39 is 0 Å². The average Bonchev–Trinajstić information content (AvgIpc) is 3.54. The molecule has 1 aliphatic heterocycles. The Labute approximate surface area is 215 Å². The largest absolute Gasteiger partial charge is 0.347 e. The number of rotatable bonds is 6. The van der Waals surface area contributed by atoms with Gasteiger partial charge in [-0.25, -0.2) is 9.97 Å². The topological polar surface area (TPSA) is 39.9 Å². The van der Waals surface area contributed by atoms with Crippen molar-refractivity contribution in [3.63, 3.8) is 0 Å². The first-order valence-electron chi connectivity index (χ1n) is 10.3. The number of nitrogens with zero attached hydrogens (tertiary/aromatic N) is 3. The summed E-state index contributed by atoms with van der Waals surface area (Å²) < 4.78 is 8.12. The van der Waals surface area contributed by atoms with Gasteiger partial charge in [0, 0.05) is 32.8 Å². The Morgan fingerprint density at radius 3 is 2.52 bits per heavy atom. The standard InChI is InChI=1S/C24H20Cl3N3OS2/c1-14-10-30(13-28-14)24-21(27)20(26)22(31-24)15-4-8-19(9-5-15)32-11-18-12-33-23(29-18)16-2-6-17(25)7-3-16/h2-10,12-13,20-22,24H,11H2,1H3/t20-,21+,22+,24-/m1/s1. The molecule has 4 aromatic rings. The van der Waals surface area contributed by atoms with Crippen LogP contribution in [-0.4, -0.2) is 25.3 Å². The summed E-state index contributed by atoms with van der Waals surface area (Å²) >= 11 is 22.6. The first-order chi connectivity index (χ1) is 16.0. The van der Waals surface area contributed by atoms with Crippen LogP contribution in [0.2, 0.25) is 5.02 Å². The van der Waals surface area contributed by atoms with E-state index in [1.54, 1.807) is 29.4 Å². The highest BCUT2D eigenvalue weighted by Gasteiger charge is 2.44. The van der Waals surface area contributed by atoms with Gasteiger partial charge >= 0.3 is 0 Å². The van der Waals surface area contributed by atoms with Gasteiger partial charge in [-0.1, -0.05) is 35.9 Å². The van der Waals surface area contributed by atoms with Gasteiger partial charge in [-0.3, -0.25) is 0 Å². The third kappa shape index (κ3) is 5.11. The van der Waals surface area contributed by atoms with Crippen LogP contribution in [0.25, 0.3) is 10.6 Å². The monoisotopic (exact) mass is 535 g/mol. The van der Waals surface area contributed by atoms with E-state index in [0.717, 1.165) is 43.2 Å². The molecule has 4 nitrogen and oxygen atoms in total. The maximum atomic E-state index is 6.65. The summed E-state index contributed by atoms with van der Waals surface area (Å²) in [6, 6.07) is 16.1. The number of halogens is 3. The van der Waals surface area contributed by atoms with Gasteiger partial charge in [-0.2, -0.15) is 0 Å². The minimum atomic E-state index is -0.348. The molecule has 0 unspecified atom stereocenters. The van der Waals surface area contributed by atoms with Crippen molar-refractivity contribution in [1.82, 2.24) is 14.5 Å². The number of benzene rings is 2. The van der Waals surface area contributed by atoms with E-state index in [2.05, 4.69) is 34.6 Å². The molecule has 0 amide bonds. The van der Waals surface area contributed by atoms with Crippen molar-refractivity contribution in [1.29, 1.82) is 0 Å². The third-order valence-electron chi connectivity index (χ3n) is 5.41. The van der Waals surface area contributed by atoms with Gasteiger partial charge in [0.15, 0.2) is 6.23 Å². The highest BCUT2D eigenvalue weighted by Crippen LogP contribution is 2.44. The van der Waals surface area contributed by atoms with Crippen LogP contribution < -0.4 is 0 Å². The Balaban J connectivity index is 1.22. The number of hydrogen-bond acceptors (Lipinski definition) is 5. The minimum Gasteiger partial charge on any atom is -0.347 e. The van der Waals surface area contributed by atoms with Crippen molar-refractivity contribution in [3.8, 4) is 10.6 Å². The molecule has 2 aromatic heterocycles. The lowest BCUT2D eigenvalue weighted by Crippen LogP contribution is -2.19. The SMILES string of the molecule is Cc1cn([C@@H]2O[C@@H](c3ccc(SCc4csc(-c5ccc(Cl)cc5)n4)cc3)[C@H](Cl)[C@@H]2Cl)cn1. The summed E-state index contributed by atoms with van der Waals surface area (Å²) in [5, 5.41) is 3.15. The maximum absolute atomic E-state index is 6.65. The van der Waals surface area contributed by atoms with Gasteiger partial charge < -0.3 is 9.30 Å². The molecule has 1 aliphatic rings. The molecule has 0 aliphatic carbocycles. The molecule has 0 saturated carbocycles. The fourth-order valence-corrected chi connectivity index (χ4v) is 6.21. The zero-order valence-corrected chi connectivity index (χ0v) is 21.5. The summed E-state index contributed by atoms with van der Waals surface area (Å²) in [6.45, 7) is 1.94. The molecule has 3 heterocycles. The summed E-state index contributed by atoms with van der Waals surface area (Å²) in [5.41, 5.74) is 4.07. The predicted molar refractivity (Wildman–Crippen MR) is 138 cm³/mol. The van der Waals surface area contributed by atoms with Crippen molar-refractivity contribution in [3.05, 3.63) is 88.4 Å². The fraction of sp³-hybridized carbons (Fsp3) is 0.250. The van der Waals surface area contributed by atoms with Crippen LogP contribution in [0.5, 0.6) is 0 Å². The van der Waals surface area contributed by atoms with Crippen LogP contribution in [0.1, 0.15) is 29.3 Å². The Morgan fingerprint density at radius 2 is 1.82 bits per heavy atom. The number of aromatic nitrogens is 3. The average molecular weight is 537 g/mol. The van der Waals surface area contributed by atoms with Crippen molar-refractivity contribution in [2.45, 2.75) is 40.7 Å². The van der Waals surface area contributed by atoms with Gasteiger partial charge in [0.25, 0.3) is 0 Å². The highest BCUT2D eigenvalue weighted by atomic mass is 35.5. The van der Waals surface area contributed by atoms with E-state index in [-0.39, 0.29) is 23.1 Å². The molecule has 0 N–H and O–H groups in total. The number of hydrogen-bond donors (Lipinski definition) is 0. The number of aryl methyl sites for hydroxylation is 1. The molecule has 1 saturated heterocycles. The van der Waals surface area contributed by atoms with Crippen LogP contribution in [0, 0.1) is 6.92 Å². The van der Waals surface area contributed by atoms with Crippen LogP contribution in [0.4, 0.5) is 0 Å². The molecule has 170 valence electrons. The lowest BCUT2D eigenvalue weighted by Gasteiger charge is -2.16. The van der Waals surface area contributed by atoms with E-state index in [9.17, 15) is 0 Å². The van der Waals surface area contributed by atoms with Crippen molar-refractivity contribution in [2.75, 3.05) is 0 Å². The zero-order valence-electron chi connectivity index (χ0n) is 17.6. The van der Waals surface area contributed by atoms with Crippen LogP contribution >= 0.6 is 57.9 Å². The number of ether oxygens (including phenoxy) is 1. The van der Waals surface area contributed by atoms with Gasteiger partial charge in [-0.05, 0) is 36.8 Å². The number of alkyl halides is 2. The maximum Gasteiger partial charge on any atom is 0.153 e. The van der Waals surface area contributed by atoms with E-state index in [1.165, 1.54) is 0 Å². The minimum absolute atomic E-state index is 0.276. The first kappa shape index (κ1) is 23.2. The molecule has 0 bridgehead atoms. The second-order valence-corrected chi connectivity index (χ2v) is 11.2. The van der Waals surface area contributed by atoms with E-state index in [4.69, 9.17) is 44.5 Å². The van der Waals surface area contributed by atoms with E-state index >= 15 is 0 Å². The number of thiazole rings is 1. The Hall–Kier alpha value is -1.54. The normalized spacial score (nSPS) is 22.7. The van der Waals surface area contributed by atoms with Gasteiger partial charge in [0.1, 0.15) is 11.1 Å². The lowest BCUT2D eigenvalue weighted by molar-refractivity contribution is 0.00252. The fourth-order valence-electron chi connectivity index (χ4n) is 3.71. The highest BCUT2D eigenvalue weighted by molar-refractivity contribution is 7.98. The molecule has 0 spiro atoms. The van der Waals surface area contributed by atoms with E-state index in [0.29, 0.717) is 0 Å². The lowest BCUT2D eigenvalue weighted by atomic mass is 10.1. The Morgan fingerprint density at radius 1 is 1.06 bits per heavy atom. The third-order valence-corrected chi connectivity index (χ3v) is 8.77. The summed E-state index contributed by atoms with van der Waals surface area (Å²) in [4.78, 5) is 10.2. The number of imidazole rings is 1. The van der Waals surface area contributed by atoms with Crippen LogP contribution in [-0.2, 0) is 10.5 Å². The molecule has 4 atom stereocenters. The molecular formula is C24H20Cl3N3OS2. The molecule has 5 rings (SSSR count). The zero-order chi connectivity index (χ0) is 22.9. The van der Waals surface area contributed by atoms with Crippen LogP contribution in [0.15, 0.2) is 71.3 Å². The summed E-state index contributed by atoms with van der Waals surface area (Å²) in [7, 11) is 0. The molecule has 2 aromatic carbocycles. The molecular weight excluding hydrogens is 517 g/mol. The van der Waals surface area contributed by atoms with Gasteiger partial charge in [0.2, 0.25) is 0 Å². The quantitative estimate of drug-likeness (QED) is 0.187. The van der Waals surface area contributed by atoms with Crippen LogP contribution in [0.3, 0.4) is 0 Å². The van der Waals surface area contributed by atoms with Crippen molar-refractivity contribution >= 4 is 57.9 Å². The number of thioether (sulfide) groups is 1. The predicted octanol–water partition coefficient (Wildman–Crippen LogP) is 7.75. The Kier molecular flexibility index (Phi) is 7.02.